The Bertz CT molecular complexity index is 648. The van der Waals surface area contributed by atoms with Crippen LogP contribution in [0.15, 0.2) is 36.7 Å². The van der Waals surface area contributed by atoms with Gasteiger partial charge in [0.1, 0.15) is 0 Å². The van der Waals surface area contributed by atoms with E-state index in [-0.39, 0.29) is 25.7 Å². The summed E-state index contributed by atoms with van der Waals surface area (Å²) in [6.45, 7) is 0. The molecule has 2 aromatic rings. The van der Waals surface area contributed by atoms with E-state index in [1.165, 1.54) is 12.4 Å². The Labute approximate surface area is 147 Å². The predicted octanol–water partition coefficient (Wildman–Crippen LogP) is 5.91. The molecule has 142 valence electrons. The summed E-state index contributed by atoms with van der Waals surface area (Å²) in [6.07, 6.45) is -6.57. The number of aryl methyl sites for hydroxylation is 2. The summed E-state index contributed by atoms with van der Waals surface area (Å²) < 4.78 is 73.4. The molecule has 0 atom stereocenters. The molecule has 0 fully saturated rings. The molecular formula is C18H18F6N2. The van der Waals surface area contributed by atoms with Gasteiger partial charge in [-0.2, -0.15) is 26.3 Å². The normalized spacial score (nSPS) is 12.4. The molecule has 0 N–H and O–H groups in total. The first-order chi connectivity index (χ1) is 12.1. The van der Waals surface area contributed by atoms with Crippen molar-refractivity contribution in [1.82, 2.24) is 9.97 Å². The summed E-state index contributed by atoms with van der Waals surface area (Å²) in [6, 6.07) is 6.62. The molecule has 0 bridgehead atoms. The zero-order valence-corrected chi connectivity index (χ0v) is 13.9. The maximum Gasteiger partial charge on any atom is 0.389 e. The molecule has 0 saturated heterocycles. The van der Waals surface area contributed by atoms with E-state index in [1.54, 1.807) is 24.3 Å². The highest BCUT2D eigenvalue weighted by atomic mass is 19.4. The summed E-state index contributed by atoms with van der Waals surface area (Å²) in [5, 5.41) is 0. The van der Waals surface area contributed by atoms with E-state index in [1.807, 2.05) is 0 Å². The summed E-state index contributed by atoms with van der Waals surface area (Å²) in [5.74, 6) is 0. The monoisotopic (exact) mass is 376 g/mol. The molecule has 0 aromatic carbocycles. The van der Waals surface area contributed by atoms with Gasteiger partial charge in [0.15, 0.2) is 0 Å². The highest BCUT2D eigenvalue weighted by Gasteiger charge is 2.26. The van der Waals surface area contributed by atoms with Crippen LogP contribution in [0, 0.1) is 0 Å². The van der Waals surface area contributed by atoms with Crippen LogP contribution in [-0.2, 0) is 12.8 Å². The van der Waals surface area contributed by atoms with Crippen molar-refractivity contribution >= 4 is 0 Å². The average Bonchev–Trinajstić information content (AvgIpc) is 2.53. The highest BCUT2D eigenvalue weighted by Crippen LogP contribution is 2.25. The molecular weight excluding hydrogens is 358 g/mol. The van der Waals surface area contributed by atoms with E-state index in [0.29, 0.717) is 22.5 Å². The number of hydrogen-bond donors (Lipinski definition) is 0. The maximum atomic E-state index is 12.2. The van der Waals surface area contributed by atoms with Crippen LogP contribution in [0.5, 0.6) is 0 Å². The van der Waals surface area contributed by atoms with Crippen molar-refractivity contribution in [2.45, 2.75) is 50.9 Å². The molecule has 0 aliphatic carbocycles. The van der Waals surface area contributed by atoms with Gasteiger partial charge in [-0.05, 0) is 61.1 Å². The van der Waals surface area contributed by atoms with Gasteiger partial charge in [-0.25, -0.2) is 0 Å². The van der Waals surface area contributed by atoms with Gasteiger partial charge >= 0.3 is 12.4 Å². The molecule has 0 unspecified atom stereocenters. The SMILES string of the molecule is FC(F)(F)CCCc1ccnc(-c2cc(CCCC(F)(F)F)ccn2)c1. The molecule has 8 heteroatoms. The van der Waals surface area contributed by atoms with Gasteiger partial charge in [-0.3, -0.25) is 9.97 Å². The van der Waals surface area contributed by atoms with Gasteiger partial charge in [-0.1, -0.05) is 0 Å². The molecule has 2 rings (SSSR count). The number of hydrogen-bond acceptors (Lipinski definition) is 2. The van der Waals surface area contributed by atoms with E-state index in [9.17, 15) is 26.3 Å². The Balaban J connectivity index is 2.02. The van der Waals surface area contributed by atoms with E-state index in [2.05, 4.69) is 9.97 Å². The Hall–Kier alpha value is -2.12. The number of alkyl halides is 6. The van der Waals surface area contributed by atoms with Gasteiger partial charge in [0.2, 0.25) is 0 Å². The standard InChI is InChI=1S/C18H18F6N2/c19-17(20,21)7-1-3-13-5-9-25-15(11-13)16-12-14(6-10-26-16)4-2-8-18(22,23)24/h5-6,9-12H,1-4,7-8H2. The molecule has 2 aromatic heterocycles. The topological polar surface area (TPSA) is 25.8 Å². The summed E-state index contributed by atoms with van der Waals surface area (Å²) in [4.78, 5) is 8.32. The third-order valence-corrected chi connectivity index (χ3v) is 3.76. The van der Waals surface area contributed by atoms with Gasteiger partial charge in [0.25, 0.3) is 0 Å². The van der Waals surface area contributed by atoms with Crippen LogP contribution in [0.25, 0.3) is 11.4 Å². The largest absolute Gasteiger partial charge is 0.389 e. The predicted molar refractivity (Wildman–Crippen MR) is 85.5 cm³/mol. The maximum absolute atomic E-state index is 12.2. The quantitative estimate of drug-likeness (QED) is 0.561. The van der Waals surface area contributed by atoms with Gasteiger partial charge in [0.05, 0.1) is 11.4 Å². The molecule has 0 radical (unpaired) electrons. The third kappa shape index (κ3) is 7.41. The summed E-state index contributed by atoms with van der Waals surface area (Å²) >= 11 is 0. The van der Waals surface area contributed by atoms with Crippen molar-refractivity contribution in [1.29, 1.82) is 0 Å². The number of rotatable bonds is 7. The second-order valence-electron chi connectivity index (χ2n) is 6.04. The number of aromatic nitrogens is 2. The summed E-state index contributed by atoms with van der Waals surface area (Å²) in [5.41, 5.74) is 2.41. The molecule has 0 saturated carbocycles. The number of halogens is 6. The summed E-state index contributed by atoms with van der Waals surface area (Å²) in [7, 11) is 0. The highest BCUT2D eigenvalue weighted by molar-refractivity contribution is 5.55. The second kappa shape index (κ2) is 8.51. The van der Waals surface area contributed by atoms with Crippen molar-refractivity contribution in [3.05, 3.63) is 47.8 Å². The smallest absolute Gasteiger partial charge is 0.255 e. The fourth-order valence-corrected chi connectivity index (χ4v) is 2.53. The fourth-order valence-electron chi connectivity index (χ4n) is 2.53. The van der Waals surface area contributed by atoms with Gasteiger partial charge < -0.3 is 0 Å². The first-order valence-corrected chi connectivity index (χ1v) is 8.16. The fraction of sp³-hybridized carbons (Fsp3) is 0.444. The van der Waals surface area contributed by atoms with Gasteiger partial charge in [0, 0.05) is 25.2 Å². The van der Waals surface area contributed by atoms with Crippen LogP contribution in [0.4, 0.5) is 26.3 Å². The minimum absolute atomic E-state index is 0.0160. The second-order valence-corrected chi connectivity index (χ2v) is 6.04. The zero-order chi connectivity index (χ0) is 19.2. The van der Waals surface area contributed by atoms with E-state index in [0.717, 1.165) is 0 Å². The molecule has 26 heavy (non-hydrogen) atoms. The lowest BCUT2D eigenvalue weighted by Gasteiger charge is -2.08. The Morgan fingerprint density at radius 3 is 1.38 bits per heavy atom. The van der Waals surface area contributed by atoms with Crippen LogP contribution in [-0.4, -0.2) is 22.3 Å². The van der Waals surface area contributed by atoms with E-state index in [4.69, 9.17) is 0 Å². The van der Waals surface area contributed by atoms with Crippen LogP contribution in [0.2, 0.25) is 0 Å². The zero-order valence-electron chi connectivity index (χ0n) is 13.9. The Kier molecular flexibility index (Phi) is 6.61. The number of nitrogens with zero attached hydrogens (tertiary/aromatic N) is 2. The van der Waals surface area contributed by atoms with E-state index >= 15 is 0 Å². The molecule has 2 heterocycles. The van der Waals surface area contributed by atoms with Crippen LogP contribution < -0.4 is 0 Å². The van der Waals surface area contributed by atoms with Crippen molar-refractivity contribution < 1.29 is 26.3 Å². The van der Waals surface area contributed by atoms with Crippen molar-refractivity contribution in [2.75, 3.05) is 0 Å². The van der Waals surface area contributed by atoms with Crippen LogP contribution in [0.3, 0.4) is 0 Å². The van der Waals surface area contributed by atoms with Crippen LogP contribution >= 0.6 is 0 Å². The van der Waals surface area contributed by atoms with Crippen molar-refractivity contribution in [3.8, 4) is 11.4 Å². The lowest BCUT2D eigenvalue weighted by Crippen LogP contribution is -2.07. The third-order valence-electron chi connectivity index (χ3n) is 3.76. The van der Waals surface area contributed by atoms with Gasteiger partial charge in [-0.15, -0.1) is 0 Å². The Morgan fingerprint density at radius 1 is 0.654 bits per heavy atom. The van der Waals surface area contributed by atoms with E-state index < -0.39 is 25.2 Å². The number of pyridine rings is 2. The lowest BCUT2D eigenvalue weighted by molar-refractivity contribution is -0.136. The average molecular weight is 376 g/mol. The molecule has 0 aliphatic rings. The Morgan fingerprint density at radius 2 is 1.04 bits per heavy atom. The molecule has 0 spiro atoms. The molecule has 0 aliphatic heterocycles. The minimum atomic E-state index is -4.18. The van der Waals surface area contributed by atoms with Crippen molar-refractivity contribution in [2.24, 2.45) is 0 Å². The lowest BCUT2D eigenvalue weighted by atomic mass is 10.0. The first-order valence-electron chi connectivity index (χ1n) is 8.16. The molecule has 2 nitrogen and oxygen atoms in total. The first kappa shape index (κ1) is 20.2. The molecule has 0 amide bonds. The van der Waals surface area contributed by atoms with Crippen molar-refractivity contribution in [3.63, 3.8) is 0 Å². The minimum Gasteiger partial charge on any atom is -0.255 e. The van der Waals surface area contributed by atoms with Crippen LogP contribution in [0.1, 0.15) is 36.8 Å².